The molecule has 0 aliphatic rings. The maximum Gasteiger partial charge on any atom is 0.221 e. The molecule has 2 aromatic rings. The molecule has 0 bridgehead atoms. The van der Waals surface area contributed by atoms with Gasteiger partial charge in [0.05, 0.1) is 11.0 Å². The van der Waals surface area contributed by atoms with Gasteiger partial charge in [-0.2, -0.15) is 0 Å². The molecule has 2 rings (SSSR count). The van der Waals surface area contributed by atoms with Crippen LogP contribution in [0.4, 0.5) is 0 Å². The van der Waals surface area contributed by atoms with Gasteiger partial charge in [0.2, 0.25) is 5.91 Å². The van der Waals surface area contributed by atoms with Crippen molar-refractivity contribution in [3.63, 3.8) is 0 Å². The van der Waals surface area contributed by atoms with E-state index in [1.54, 1.807) is 0 Å². The molecule has 3 N–H and O–H groups in total. The van der Waals surface area contributed by atoms with E-state index in [-0.39, 0.29) is 18.3 Å². The fraction of sp³-hybridized carbons (Fsp3) is 0.429. The van der Waals surface area contributed by atoms with Gasteiger partial charge in [0.1, 0.15) is 5.82 Å². The molecule has 0 aliphatic carbocycles. The number of nitrogens with zero attached hydrogens (tertiary/aromatic N) is 2. The van der Waals surface area contributed by atoms with Crippen molar-refractivity contribution < 1.29 is 4.79 Å². The lowest BCUT2D eigenvalue weighted by molar-refractivity contribution is -0.120. The van der Waals surface area contributed by atoms with E-state index in [4.69, 9.17) is 5.73 Å². The molecule has 1 heterocycles. The van der Waals surface area contributed by atoms with Crippen molar-refractivity contribution in [2.45, 2.75) is 26.3 Å². The zero-order chi connectivity index (χ0) is 13.7. The average Bonchev–Trinajstić information content (AvgIpc) is 2.76. The molecule has 0 aliphatic heterocycles. The molecule has 0 radical (unpaired) electrons. The number of hydrogen-bond donors (Lipinski definition) is 2. The fourth-order valence-electron chi connectivity index (χ4n) is 2.20. The van der Waals surface area contributed by atoms with Crippen molar-refractivity contribution in [1.29, 1.82) is 0 Å². The standard InChI is InChI=1S/C14H20N4O.ClH/c1-2-18-12-6-4-3-5-11(12)17-13(18)8-10-16-14(19)7-9-15;/h3-6H,2,7-10,15H2,1H3,(H,16,19);1H. The first-order chi connectivity index (χ1) is 9.26. The van der Waals surface area contributed by atoms with Crippen LogP contribution >= 0.6 is 12.4 Å². The van der Waals surface area contributed by atoms with Gasteiger partial charge >= 0.3 is 0 Å². The van der Waals surface area contributed by atoms with Crippen molar-refractivity contribution in [3.8, 4) is 0 Å². The van der Waals surface area contributed by atoms with Crippen LogP contribution in [-0.2, 0) is 17.8 Å². The molecule has 0 saturated carbocycles. The predicted octanol–water partition coefficient (Wildman–Crippen LogP) is 1.49. The smallest absolute Gasteiger partial charge is 0.221 e. The Bertz CT molecular complexity index is 567. The number of para-hydroxylation sites is 2. The Hall–Kier alpha value is -1.59. The van der Waals surface area contributed by atoms with E-state index in [0.717, 1.165) is 29.8 Å². The van der Waals surface area contributed by atoms with Crippen LogP contribution in [0.15, 0.2) is 24.3 Å². The van der Waals surface area contributed by atoms with E-state index in [9.17, 15) is 4.79 Å². The monoisotopic (exact) mass is 296 g/mol. The molecular formula is C14H21ClN4O. The molecule has 0 spiro atoms. The molecule has 1 amide bonds. The molecule has 0 saturated heterocycles. The summed E-state index contributed by atoms with van der Waals surface area (Å²) in [7, 11) is 0. The summed E-state index contributed by atoms with van der Waals surface area (Å²) in [5.41, 5.74) is 7.49. The summed E-state index contributed by atoms with van der Waals surface area (Å²) >= 11 is 0. The Morgan fingerprint density at radius 2 is 2.15 bits per heavy atom. The number of halogens is 1. The topological polar surface area (TPSA) is 72.9 Å². The summed E-state index contributed by atoms with van der Waals surface area (Å²) in [5, 5.41) is 2.86. The van der Waals surface area contributed by atoms with Crippen molar-refractivity contribution in [3.05, 3.63) is 30.1 Å². The number of benzene rings is 1. The number of carbonyl (C=O) groups excluding carboxylic acids is 1. The number of nitrogens with two attached hydrogens (primary N) is 1. The summed E-state index contributed by atoms with van der Waals surface area (Å²) in [6, 6.07) is 8.09. The third-order valence-corrected chi connectivity index (χ3v) is 3.09. The van der Waals surface area contributed by atoms with Crippen LogP contribution in [0.3, 0.4) is 0 Å². The third-order valence-electron chi connectivity index (χ3n) is 3.09. The quantitative estimate of drug-likeness (QED) is 0.848. The van der Waals surface area contributed by atoms with Crippen LogP contribution < -0.4 is 11.1 Å². The Balaban J connectivity index is 0.00000200. The second-order valence-corrected chi connectivity index (χ2v) is 4.40. The van der Waals surface area contributed by atoms with Crippen LogP contribution in [-0.4, -0.2) is 28.5 Å². The molecule has 20 heavy (non-hydrogen) atoms. The molecule has 110 valence electrons. The molecule has 0 unspecified atom stereocenters. The normalized spacial score (nSPS) is 10.3. The summed E-state index contributed by atoms with van der Waals surface area (Å²) in [6.45, 7) is 3.97. The number of aryl methyl sites for hydroxylation is 1. The highest BCUT2D eigenvalue weighted by Gasteiger charge is 2.08. The minimum absolute atomic E-state index is 0. The van der Waals surface area contributed by atoms with E-state index in [0.29, 0.717) is 19.5 Å². The number of rotatable bonds is 6. The summed E-state index contributed by atoms with van der Waals surface area (Å²) in [6.07, 6.45) is 1.11. The van der Waals surface area contributed by atoms with Gasteiger partial charge in [-0.25, -0.2) is 4.98 Å². The van der Waals surface area contributed by atoms with Gasteiger partial charge in [0.25, 0.3) is 0 Å². The van der Waals surface area contributed by atoms with Gasteiger partial charge in [0, 0.05) is 32.5 Å². The van der Waals surface area contributed by atoms with Gasteiger partial charge in [0.15, 0.2) is 0 Å². The average molecular weight is 297 g/mol. The highest BCUT2D eigenvalue weighted by Crippen LogP contribution is 2.15. The van der Waals surface area contributed by atoms with Crippen LogP contribution in [0.5, 0.6) is 0 Å². The molecule has 5 nitrogen and oxygen atoms in total. The minimum atomic E-state index is 0. The summed E-state index contributed by atoms with van der Waals surface area (Å²) in [4.78, 5) is 16.0. The summed E-state index contributed by atoms with van der Waals surface area (Å²) in [5.74, 6) is 1.01. The second kappa shape index (κ2) is 7.87. The number of fused-ring (bicyclic) bond motifs is 1. The largest absolute Gasteiger partial charge is 0.356 e. The number of nitrogens with one attached hydrogen (secondary N) is 1. The van der Waals surface area contributed by atoms with Gasteiger partial charge in [-0.05, 0) is 19.1 Å². The van der Waals surface area contributed by atoms with Crippen LogP contribution in [0.1, 0.15) is 19.2 Å². The number of amides is 1. The zero-order valence-corrected chi connectivity index (χ0v) is 12.4. The molecule has 1 aromatic heterocycles. The minimum Gasteiger partial charge on any atom is -0.356 e. The van der Waals surface area contributed by atoms with Gasteiger partial charge in [-0.15, -0.1) is 12.4 Å². The van der Waals surface area contributed by atoms with Crippen molar-refractivity contribution in [2.75, 3.05) is 13.1 Å². The Morgan fingerprint density at radius 3 is 2.85 bits per heavy atom. The van der Waals surface area contributed by atoms with Crippen molar-refractivity contribution in [2.24, 2.45) is 5.73 Å². The first kappa shape index (κ1) is 16.5. The van der Waals surface area contributed by atoms with Crippen molar-refractivity contribution in [1.82, 2.24) is 14.9 Å². The fourth-order valence-corrected chi connectivity index (χ4v) is 2.20. The second-order valence-electron chi connectivity index (χ2n) is 4.40. The zero-order valence-electron chi connectivity index (χ0n) is 11.6. The Kier molecular flexibility index (Phi) is 6.48. The molecular weight excluding hydrogens is 276 g/mol. The molecule has 6 heteroatoms. The molecule has 0 atom stereocenters. The van der Waals surface area contributed by atoms with E-state index >= 15 is 0 Å². The third kappa shape index (κ3) is 3.71. The van der Waals surface area contributed by atoms with Gasteiger partial charge in [-0.3, -0.25) is 4.79 Å². The maximum absolute atomic E-state index is 11.3. The number of hydrogen-bond acceptors (Lipinski definition) is 3. The molecule has 1 aromatic carbocycles. The highest BCUT2D eigenvalue weighted by molar-refractivity contribution is 5.85. The number of carbonyl (C=O) groups is 1. The van der Waals surface area contributed by atoms with Gasteiger partial charge < -0.3 is 15.6 Å². The van der Waals surface area contributed by atoms with Crippen LogP contribution in [0.2, 0.25) is 0 Å². The Labute approximate surface area is 125 Å². The van der Waals surface area contributed by atoms with Crippen LogP contribution in [0, 0.1) is 0 Å². The Morgan fingerprint density at radius 1 is 1.40 bits per heavy atom. The number of imidazole rings is 1. The first-order valence-electron chi connectivity index (χ1n) is 6.67. The van der Waals surface area contributed by atoms with Crippen LogP contribution in [0.25, 0.3) is 11.0 Å². The predicted molar refractivity (Wildman–Crippen MR) is 83.0 cm³/mol. The lowest BCUT2D eigenvalue weighted by Crippen LogP contribution is -2.28. The van der Waals surface area contributed by atoms with E-state index in [2.05, 4.69) is 27.9 Å². The van der Waals surface area contributed by atoms with Gasteiger partial charge in [-0.1, -0.05) is 12.1 Å². The number of aromatic nitrogens is 2. The van der Waals surface area contributed by atoms with Crippen molar-refractivity contribution >= 4 is 29.3 Å². The maximum atomic E-state index is 11.3. The van der Waals surface area contributed by atoms with E-state index in [1.807, 2.05) is 18.2 Å². The molecule has 0 fully saturated rings. The lowest BCUT2D eigenvalue weighted by Gasteiger charge is -2.07. The highest BCUT2D eigenvalue weighted by atomic mass is 35.5. The summed E-state index contributed by atoms with van der Waals surface area (Å²) < 4.78 is 2.18. The van der Waals surface area contributed by atoms with E-state index < -0.39 is 0 Å². The van der Waals surface area contributed by atoms with E-state index in [1.165, 1.54) is 0 Å². The first-order valence-corrected chi connectivity index (χ1v) is 6.67. The lowest BCUT2D eigenvalue weighted by atomic mass is 10.3. The SMILES string of the molecule is CCn1c(CCNC(=O)CCN)nc2ccccc21.Cl.